The Labute approximate surface area is 197 Å². The molecule has 0 aliphatic carbocycles. The molecule has 2 heterocycles. The molecule has 6 nitrogen and oxygen atoms in total. The normalized spacial score (nSPS) is 22.1. The van der Waals surface area contributed by atoms with Gasteiger partial charge in [-0.2, -0.15) is 0 Å². The van der Waals surface area contributed by atoms with Crippen LogP contribution in [0.4, 0.5) is 10.5 Å². The molecule has 0 saturated carbocycles. The first-order valence-electron chi connectivity index (χ1n) is 11.8. The number of amides is 3. The molecule has 0 spiro atoms. The molecule has 2 saturated heterocycles. The van der Waals surface area contributed by atoms with Crippen molar-refractivity contribution in [2.45, 2.75) is 52.5 Å². The maximum Gasteiger partial charge on any atom is 0.326 e. The minimum atomic E-state index is -1.03. The van der Waals surface area contributed by atoms with Crippen LogP contribution in [0.5, 0.6) is 0 Å². The van der Waals surface area contributed by atoms with Crippen LogP contribution in [0.1, 0.15) is 49.9 Å². The minimum absolute atomic E-state index is 0.0353. The molecule has 1 unspecified atom stereocenters. The van der Waals surface area contributed by atoms with Gasteiger partial charge in [0.1, 0.15) is 5.54 Å². The Balaban J connectivity index is 1.42. The summed E-state index contributed by atoms with van der Waals surface area (Å²) in [5, 5.41) is 2.94. The summed E-state index contributed by atoms with van der Waals surface area (Å²) < 4.78 is 0. The average Bonchev–Trinajstić information content (AvgIpc) is 3.00. The third kappa shape index (κ3) is 4.36. The number of anilines is 1. The lowest BCUT2D eigenvalue weighted by molar-refractivity contribution is -0.132. The molecule has 1 atom stereocenters. The third-order valence-electron chi connectivity index (χ3n) is 7.23. The zero-order valence-electron chi connectivity index (χ0n) is 20.7. The quantitative estimate of drug-likeness (QED) is 0.714. The number of urea groups is 1. The first-order valence-corrected chi connectivity index (χ1v) is 11.8. The van der Waals surface area contributed by atoms with E-state index >= 15 is 0 Å². The molecule has 176 valence electrons. The number of hydrogen-bond donors (Lipinski definition) is 1. The number of nitrogens with zero attached hydrogens (tertiary/aromatic N) is 3. The van der Waals surface area contributed by atoms with Crippen molar-refractivity contribution in [3.05, 3.63) is 64.7 Å². The van der Waals surface area contributed by atoms with E-state index in [9.17, 15) is 9.59 Å². The molecule has 1 N–H and O–H groups in total. The molecular weight excluding hydrogens is 412 g/mol. The maximum absolute atomic E-state index is 13.4. The smallest absolute Gasteiger partial charge is 0.326 e. The molecule has 2 aliphatic heterocycles. The van der Waals surface area contributed by atoms with E-state index in [1.54, 1.807) is 6.92 Å². The molecule has 2 aromatic carbocycles. The Bertz CT molecular complexity index is 1050. The number of imide groups is 1. The van der Waals surface area contributed by atoms with Gasteiger partial charge >= 0.3 is 6.03 Å². The monoisotopic (exact) mass is 448 g/mol. The predicted octanol–water partition coefficient (Wildman–Crippen LogP) is 4.15. The molecule has 2 fully saturated rings. The minimum Gasteiger partial charge on any atom is -0.369 e. The van der Waals surface area contributed by atoms with E-state index in [1.165, 1.54) is 27.3 Å². The fourth-order valence-corrected chi connectivity index (χ4v) is 4.73. The molecule has 2 aromatic rings. The van der Waals surface area contributed by atoms with Crippen LogP contribution in [-0.2, 0) is 15.7 Å². The van der Waals surface area contributed by atoms with E-state index in [1.807, 2.05) is 12.1 Å². The maximum atomic E-state index is 13.4. The summed E-state index contributed by atoms with van der Waals surface area (Å²) in [6, 6.07) is 14.1. The van der Waals surface area contributed by atoms with Crippen LogP contribution >= 0.6 is 0 Å². The topological polar surface area (TPSA) is 55.9 Å². The van der Waals surface area contributed by atoms with E-state index < -0.39 is 5.54 Å². The molecule has 6 heteroatoms. The van der Waals surface area contributed by atoms with E-state index in [4.69, 9.17) is 0 Å². The van der Waals surface area contributed by atoms with Crippen LogP contribution in [0.25, 0.3) is 0 Å². The van der Waals surface area contributed by atoms with Crippen LogP contribution in [-0.4, -0.2) is 54.6 Å². The Kier molecular flexibility index (Phi) is 5.99. The summed E-state index contributed by atoms with van der Waals surface area (Å²) in [5.74, 6) is -0.187. The lowest BCUT2D eigenvalue weighted by Crippen LogP contribution is -2.51. The van der Waals surface area contributed by atoms with Crippen molar-refractivity contribution < 1.29 is 9.59 Å². The molecule has 33 heavy (non-hydrogen) atoms. The van der Waals surface area contributed by atoms with Crippen molar-refractivity contribution >= 4 is 17.6 Å². The Morgan fingerprint density at radius 1 is 0.939 bits per heavy atom. The molecule has 0 radical (unpaired) electrons. The Hall–Kier alpha value is -2.86. The van der Waals surface area contributed by atoms with Gasteiger partial charge in [-0.15, -0.1) is 0 Å². The number of benzene rings is 2. The summed E-state index contributed by atoms with van der Waals surface area (Å²) in [7, 11) is 0. The standard InChI is InChI=1S/C27H36N4O2/c1-19-8-7-9-23(20(19)2)30-16-14-29(15-17-30)18-31-24(32)27(6,28-25(31)33)22-12-10-21(11-13-22)26(3,4)5/h7-13H,14-18H2,1-6H3,(H,28,33). The summed E-state index contributed by atoms with van der Waals surface area (Å²) in [6.45, 7) is 16.3. The summed E-state index contributed by atoms with van der Waals surface area (Å²) in [6.07, 6.45) is 0. The lowest BCUT2D eigenvalue weighted by atomic mass is 9.84. The van der Waals surface area contributed by atoms with E-state index in [0.717, 1.165) is 31.7 Å². The van der Waals surface area contributed by atoms with E-state index in [0.29, 0.717) is 6.67 Å². The van der Waals surface area contributed by atoms with Crippen molar-refractivity contribution in [2.24, 2.45) is 0 Å². The van der Waals surface area contributed by atoms with Crippen molar-refractivity contribution in [3.63, 3.8) is 0 Å². The van der Waals surface area contributed by atoms with Gasteiger partial charge < -0.3 is 10.2 Å². The predicted molar refractivity (Wildman–Crippen MR) is 132 cm³/mol. The highest BCUT2D eigenvalue weighted by molar-refractivity contribution is 6.07. The fourth-order valence-electron chi connectivity index (χ4n) is 4.73. The van der Waals surface area contributed by atoms with Crippen LogP contribution < -0.4 is 10.2 Å². The largest absolute Gasteiger partial charge is 0.369 e. The van der Waals surface area contributed by atoms with Crippen LogP contribution in [0.3, 0.4) is 0 Å². The first kappa shape index (κ1) is 23.3. The Morgan fingerprint density at radius 2 is 1.58 bits per heavy atom. The average molecular weight is 449 g/mol. The van der Waals surface area contributed by atoms with Gasteiger partial charge in [0.2, 0.25) is 0 Å². The second kappa shape index (κ2) is 8.49. The molecule has 0 aromatic heterocycles. The number of nitrogens with one attached hydrogen (secondary N) is 1. The van der Waals surface area contributed by atoms with E-state index in [-0.39, 0.29) is 17.4 Å². The summed E-state index contributed by atoms with van der Waals surface area (Å²) in [4.78, 5) is 32.1. The summed E-state index contributed by atoms with van der Waals surface area (Å²) >= 11 is 0. The summed E-state index contributed by atoms with van der Waals surface area (Å²) in [5.41, 5.74) is 4.90. The molecule has 2 aliphatic rings. The van der Waals surface area contributed by atoms with Crippen molar-refractivity contribution in [2.75, 3.05) is 37.7 Å². The van der Waals surface area contributed by atoms with Crippen molar-refractivity contribution in [1.29, 1.82) is 0 Å². The number of carbonyl (C=O) groups excluding carboxylic acids is 2. The SMILES string of the molecule is Cc1cccc(N2CCN(CN3C(=O)NC(C)(c4ccc(C(C)(C)C)cc4)C3=O)CC2)c1C. The molecular formula is C27H36N4O2. The van der Waals surface area contributed by atoms with Gasteiger partial charge in [0.05, 0.1) is 6.67 Å². The van der Waals surface area contributed by atoms with Gasteiger partial charge in [0, 0.05) is 31.9 Å². The van der Waals surface area contributed by atoms with Crippen LogP contribution in [0.2, 0.25) is 0 Å². The van der Waals surface area contributed by atoms with Gasteiger partial charge in [-0.05, 0) is 54.5 Å². The highest BCUT2D eigenvalue weighted by Gasteiger charge is 2.49. The molecule has 3 amide bonds. The first-order chi connectivity index (χ1) is 15.5. The second-order valence-corrected chi connectivity index (χ2v) is 10.6. The van der Waals surface area contributed by atoms with E-state index in [2.05, 4.69) is 80.1 Å². The second-order valence-electron chi connectivity index (χ2n) is 10.6. The van der Waals surface area contributed by atoms with Crippen molar-refractivity contribution in [1.82, 2.24) is 15.1 Å². The number of hydrogen-bond acceptors (Lipinski definition) is 4. The van der Waals surface area contributed by atoms with Gasteiger partial charge in [-0.25, -0.2) is 9.69 Å². The fraction of sp³-hybridized carbons (Fsp3) is 0.481. The third-order valence-corrected chi connectivity index (χ3v) is 7.23. The zero-order chi connectivity index (χ0) is 24.0. The number of piperazine rings is 1. The number of aryl methyl sites for hydroxylation is 1. The van der Waals surface area contributed by atoms with Gasteiger partial charge in [-0.1, -0.05) is 57.2 Å². The van der Waals surface area contributed by atoms with Crippen molar-refractivity contribution in [3.8, 4) is 0 Å². The number of rotatable bonds is 4. The highest BCUT2D eigenvalue weighted by atomic mass is 16.2. The molecule has 4 rings (SSSR count). The molecule has 0 bridgehead atoms. The van der Waals surface area contributed by atoms with Gasteiger partial charge in [0.15, 0.2) is 0 Å². The van der Waals surface area contributed by atoms with Gasteiger partial charge in [0.25, 0.3) is 5.91 Å². The van der Waals surface area contributed by atoms with Gasteiger partial charge in [-0.3, -0.25) is 9.69 Å². The zero-order valence-corrected chi connectivity index (χ0v) is 20.7. The van der Waals surface area contributed by atoms with Crippen LogP contribution in [0, 0.1) is 13.8 Å². The Morgan fingerprint density at radius 3 is 2.18 bits per heavy atom. The highest BCUT2D eigenvalue weighted by Crippen LogP contribution is 2.31. The number of carbonyl (C=O) groups is 2. The lowest BCUT2D eigenvalue weighted by Gasteiger charge is -2.38. The van der Waals surface area contributed by atoms with Crippen LogP contribution in [0.15, 0.2) is 42.5 Å².